The van der Waals surface area contributed by atoms with Crippen molar-refractivity contribution in [1.29, 1.82) is 0 Å². The SMILES string of the molecule is Cc1nc(-c2ccccc2)sc1C(=O)Oc1ccccc1N1CCOCC1. The van der Waals surface area contributed by atoms with Crippen molar-refractivity contribution in [2.75, 3.05) is 31.2 Å². The van der Waals surface area contributed by atoms with Crippen molar-refractivity contribution in [1.82, 2.24) is 4.98 Å². The predicted octanol–water partition coefficient (Wildman–Crippen LogP) is 4.17. The van der Waals surface area contributed by atoms with Gasteiger partial charge in [-0.3, -0.25) is 0 Å². The first-order valence-corrected chi connectivity index (χ1v) is 9.71. The second-order valence-corrected chi connectivity index (χ2v) is 7.26. The van der Waals surface area contributed by atoms with Gasteiger partial charge >= 0.3 is 5.97 Å². The third-order valence-corrected chi connectivity index (χ3v) is 5.61. The summed E-state index contributed by atoms with van der Waals surface area (Å²) in [6, 6.07) is 17.5. The van der Waals surface area contributed by atoms with Gasteiger partial charge in [-0.25, -0.2) is 9.78 Å². The van der Waals surface area contributed by atoms with Crippen LogP contribution in [0.1, 0.15) is 15.4 Å². The summed E-state index contributed by atoms with van der Waals surface area (Å²) in [5.74, 6) is 0.200. The third kappa shape index (κ3) is 3.86. The number of anilines is 1. The van der Waals surface area contributed by atoms with E-state index in [4.69, 9.17) is 9.47 Å². The van der Waals surface area contributed by atoms with E-state index >= 15 is 0 Å². The second-order valence-electron chi connectivity index (χ2n) is 6.26. The van der Waals surface area contributed by atoms with Gasteiger partial charge in [-0.05, 0) is 19.1 Å². The standard InChI is InChI=1S/C21H20N2O3S/c1-15-19(27-20(22-15)16-7-3-2-4-8-16)21(24)26-18-10-6-5-9-17(18)23-11-13-25-14-12-23/h2-10H,11-14H2,1H3. The summed E-state index contributed by atoms with van der Waals surface area (Å²) < 4.78 is 11.2. The molecule has 0 amide bonds. The minimum atomic E-state index is -0.368. The zero-order chi connectivity index (χ0) is 18.6. The van der Waals surface area contributed by atoms with Gasteiger partial charge in [0.1, 0.15) is 9.88 Å². The number of aryl methyl sites for hydroxylation is 1. The summed E-state index contributed by atoms with van der Waals surface area (Å²) in [6.07, 6.45) is 0. The number of thiazole rings is 1. The highest BCUT2D eigenvalue weighted by Gasteiger charge is 2.21. The van der Waals surface area contributed by atoms with Gasteiger partial charge in [0.25, 0.3) is 0 Å². The highest BCUT2D eigenvalue weighted by molar-refractivity contribution is 7.17. The van der Waals surface area contributed by atoms with Crippen LogP contribution in [0.15, 0.2) is 54.6 Å². The van der Waals surface area contributed by atoms with Crippen LogP contribution in [0.4, 0.5) is 5.69 Å². The minimum absolute atomic E-state index is 0.368. The van der Waals surface area contributed by atoms with Crippen LogP contribution in [-0.4, -0.2) is 37.3 Å². The average molecular weight is 380 g/mol. The molecule has 0 unspecified atom stereocenters. The van der Waals surface area contributed by atoms with Gasteiger partial charge in [-0.2, -0.15) is 0 Å². The maximum Gasteiger partial charge on any atom is 0.355 e. The number of carbonyl (C=O) groups is 1. The molecule has 1 saturated heterocycles. The van der Waals surface area contributed by atoms with Gasteiger partial charge in [0.15, 0.2) is 5.75 Å². The highest BCUT2D eigenvalue weighted by Crippen LogP contribution is 2.32. The number of ether oxygens (including phenoxy) is 2. The Kier molecular flexibility index (Phi) is 5.18. The molecule has 2 aromatic carbocycles. The molecule has 4 rings (SSSR count). The molecule has 1 aliphatic heterocycles. The molecular formula is C21H20N2O3S. The topological polar surface area (TPSA) is 51.7 Å². The molecule has 1 aromatic heterocycles. The monoisotopic (exact) mass is 380 g/mol. The van der Waals surface area contributed by atoms with Crippen molar-refractivity contribution in [3.05, 3.63) is 65.2 Å². The zero-order valence-electron chi connectivity index (χ0n) is 15.1. The lowest BCUT2D eigenvalue weighted by Crippen LogP contribution is -2.36. The number of esters is 1. The molecule has 0 spiro atoms. The Bertz CT molecular complexity index is 934. The molecule has 27 heavy (non-hydrogen) atoms. The van der Waals surface area contributed by atoms with Gasteiger partial charge < -0.3 is 14.4 Å². The van der Waals surface area contributed by atoms with Crippen LogP contribution in [0.2, 0.25) is 0 Å². The average Bonchev–Trinajstić information content (AvgIpc) is 3.12. The van der Waals surface area contributed by atoms with Crippen molar-refractivity contribution in [3.63, 3.8) is 0 Å². The van der Waals surface area contributed by atoms with E-state index in [1.165, 1.54) is 11.3 Å². The van der Waals surface area contributed by atoms with E-state index in [1.54, 1.807) is 0 Å². The first-order valence-electron chi connectivity index (χ1n) is 8.89. The molecule has 0 atom stereocenters. The maximum atomic E-state index is 12.8. The van der Waals surface area contributed by atoms with Gasteiger partial charge in [0.2, 0.25) is 0 Å². The number of morpholine rings is 1. The van der Waals surface area contributed by atoms with E-state index in [9.17, 15) is 4.79 Å². The van der Waals surface area contributed by atoms with E-state index in [1.807, 2.05) is 61.5 Å². The first-order chi connectivity index (χ1) is 13.2. The highest BCUT2D eigenvalue weighted by atomic mass is 32.1. The van der Waals surface area contributed by atoms with Crippen LogP contribution in [-0.2, 0) is 4.74 Å². The van der Waals surface area contributed by atoms with Crippen molar-refractivity contribution < 1.29 is 14.3 Å². The summed E-state index contributed by atoms with van der Waals surface area (Å²) in [5.41, 5.74) is 2.60. The largest absolute Gasteiger partial charge is 0.420 e. The first kappa shape index (κ1) is 17.7. The number of hydrogen-bond acceptors (Lipinski definition) is 6. The Balaban J connectivity index is 1.58. The van der Waals surface area contributed by atoms with Crippen LogP contribution in [0.25, 0.3) is 10.6 Å². The number of rotatable bonds is 4. The molecular weight excluding hydrogens is 360 g/mol. The normalized spacial score (nSPS) is 14.2. The molecule has 1 fully saturated rings. The Morgan fingerprint density at radius 3 is 2.56 bits per heavy atom. The van der Waals surface area contributed by atoms with Crippen molar-refractivity contribution in [2.45, 2.75) is 6.92 Å². The smallest absolute Gasteiger partial charge is 0.355 e. The van der Waals surface area contributed by atoms with Crippen LogP contribution >= 0.6 is 11.3 Å². The zero-order valence-corrected chi connectivity index (χ0v) is 15.9. The van der Waals surface area contributed by atoms with Gasteiger partial charge in [0, 0.05) is 18.7 Å². The fraction of sp³-hybridized carbons (Fsp3) is 0.238. The number of carbonyl (C=O) groups excluding carboxylic acids is 1. The lowest BCUT2D eigenvalue weighted by molar-refractivity contribution is 0.0738. The fourth-order valence-electron chi connectivity index (χ4n) is 3.05. The number of nitrogens with zero attached hydrogens (tertiary/aromatic N) is 2. The maximum absolute atomic E-state index is 12.8. The van der Waals surface area contributed by atoms with E-state index in [-0.39, 0.29) is 5.97 Å². The molecule has 0 N–H and O–H groups in total. The molecule has 6 heteroatoms. The Morgan fingerprint density at radius 1 is 1.07 bits per heavy atom. The summed E-state index contributed by atoms with van der Waals surface area (Å²) in [4.78, 5) is 20.1. The van der Waals surface area contributed by atoms with Crippen molar-refractivity contribution >= 4 is 23.0 Å². The fourth-order valence-corrected chi connectivity index (χ4v) is 3.99. The number of para-hydroxylation sites is 2. The van der Waals surface area contributed by atoms with E-state index < -0.39 is 0 Å². The Hall–Kier alpha value is -2.70. The van der Waals surface area contributed by atoms with E-state index in [0.29, 0.717) is 29.5 Å². The summed E-state index contributed by atoms with van der Waals surface area (Å²) in [7, 11) is 0. The molecule has 1 aliphatic rings. The third-order valence-electron chi connectivity index (χ3n) is 4.42. The minimum Gasteiger partial charge on any atom is -0.420 e. The van der Waals surface area contributed by atoms with Crippen molar-refractivity contribution in [2.24, 2.45) is 0 Å². The van der Waals surface area contributed by atoms with Crippen molar-refractivity contribution in [3.8, 4) is 16.3 Å². The van der Waals surface area contributed by atoms with Gasteiger partial charge in [-0.1, -0.05) is 42.5 Å². The van der Waals surface area contributed by atoms with Gasteiger partial charge in [0.05, 0.1) is 24.6 Å². The number of aromatic nitrogens is 1. The summed E-state index contributed by atoms with van der Waals surface area (Å²) in [6.45, 7) is 4.76. The van der Waals surface area contributed by atoms with Gasteiger partial charge in [-0.15, -0.1) is 11.3 Å². The quantitative estimate of drug-likeness (QED) is 0.502. The van der Waals surface area contributed by atoms with Crippen LogP contribution in [0.3, 0.4) is 0 Å². The molecule has 2 heterocycles. The molecule has 138 valence electrons. The van der Waals surface area contributed by atoms with E-state index in [0.717, 1.165) is 29.3 Å². The second kappa shape index (κ2) is 7.90. The molecule has 3 aromatic rings. The summed E-state index contributed by atoms with van der Waals surface area (Å²) in [5, 5.41) is 0.821. The van der Waals surface area contributed by atoms with Crippen LogP contribution in [0, 0.1) is 6.92 Å². The lowest BCUT2D eigenvalue weighted by Gasteiger charge is -2.29. The molecule has 5 nitrogen and oxygen atoms in total. The van der Waals surface area contributed by atoms with Crippen LogP contribution < -0.4 is 9.64 Å². The van der Waals surface area contributed by atoms with Crippen LogP contribution in [0.5, 0.6) is 5.75 Å². The predicted molar refractivity (Wildman–Crippen MR) is 107 cm³/mol. The Morgan fingerprint density at radius 2 is 1.78 bits per heavy atom. The Labute approximate surface area is 162 Å². The summed E-state index contributed by atoms with van der Waals surface area (Å²) >= 11 is 1.36. The lowest BCUT2D eigenvalue weighted by atomic mass is 10.2. The number of benzene rings is 2. The molecule has 0 radical (unpaired) electrons. The molecule has 0 aliphatic carbocycles. The molecule has 0 saturated carbocycles. The van der Waals surface area contributed by atoms with E-state index in [2.05, 4.69) is 9.88 Å². The number of hydrogen-bond donors (Lipinski definition) is 0. The molecule has 0 bridgehead atoms.